The Balaban J connectivity index is 2.03. The predicted octanol–water partition coefficient (Wildman–Crippen LogP) is 0.703. The molecular formula is C8H14O4. The number of esters is 1. The maximum atomic E-state index is 10.8. The third-order valence-electron chi connectivity index (χ3n) is 1.58. The van der Waals surface area contributed by atoms with Gasteiger partial charge in [0, 0.05) is 13.0 Å². The number of hydrogen-bond donors (Lipinski definition) is 0. The Morgan fingerprint density at radius 1 is 1.67 bits per heavy atom. The van der Waals surface area contributed by atoms with Gasteiger partial charge in [0.2, 0.25) is 0 Å². The van der Waals surface area contributed by atoms with Gasteiger partial charge in [-0.05, 0) is 13.3 Å². The quantitative estimate of drug-likeness (QED) is 0.588. The summed E-state index contributed by atoms with van der Waals surface area (Å²) in [6.07, 6.45) is 1.68. The van der Waals surface area contributed by atoms with Gasteiger partial charge in [0.25, 0.3) is 0 Å². The fraction of sp³-hybridized carbons (Fsp3) is 0.875. The molecule has 0 aromatic carbocycles. The fourth-order valence-corrected chi connectivity index (χ4v) is 1.04. The molecule has 4 heteroatoms. The van der Waals surface area contributed by atoms with Gasteiger partial charge in [-0.25, -0.2) is 4.79 Å². The lowest BCUT2D eigenvalue weighted by Gasteiger charge is -2.09. The first-order valence-electron chi connectivity index (χ1n) is 4.21. The molecule has 1 saturated heterocycles. The van der Waals surface area contributed by atoms with Gasteiger partial charge in [0.15, 0.2) is 6.29 Å². The summed E-state index contributed by atoms with van der Waals surface area (Å²) in [5.41, 5.74) is 0. The topological polar surface area (TPSA) is 44.8 Å². The van der Waals surface area contributed by atoms with Gasteiger partial charge < -0.3 is 14.2 Å². The Bertz CT molecular complexity index is 140. The van der Waals surface area contributed by atoms with E-state index in [0.717, 1.165) is 19.4 Å². The van der Waals surface area contributed by atoms with Gasteiger partial charge in [-0.1, -0.05) is 0 Å². The molecule has 0 spiro atoms. The summed E-state index contributed by atoms with van der Waals surface area (Å²) in [6, 6.07) is 0. The molecule has 0 bridgehead atoms. The molecule has 0 radical (unpaired) electrons. The lowest BCUT2D eigenvalue weighted by atomic mass is 10.4. The van der Waals surface area contributed by atoms with Gasteiger partial charge >= 0.3 is 5.97 Å². The fourth-order valence-electron chi connectivity index (χ4n) is 1.04. The molecule has 1 aliphatic rings. The van der Waals surface area contributed by atoms with Gasteiger partial charge in [0.1, 0.15) is 6.61 Å². The lowest BCUT2D eigenvalue weighted by molar-refractivity contribution is -0.163. The van der Waals surface area contributed by atoms with E-state index in [4.69, 9.17) is 9.47 Å². The van der Waals surface area contributed by atoms with Crippen LogP contribution in [0.5, 0.6) is 0 Å². The highest BCUT2D eigenvalue weighted by Gasteiger charge is 2.17. The minimum Gasteiger partial charge on any atom is -0.464 e. The molecule has 0 N–H and O–H groups in total. The first-order valence-corrected chi connectivity index (χ1v) is 4.21. The second-order valence-corrected chi connectivity index (χ2v) is 2.56. The molecule has 0 amide bonds. The Morgan fingerprint density at radius 2 is 2.50 bits per heavy atom. The lowest BCUT2D eigenvalue weighted by Crippen LogP contribution is -2.19. The van der Waals surface area contributed by atoms with E-state index in [2.05, 4.69) is 4.74 Å². The van der Waals surface area contributed by atoms with E-state index in [-0.39, 0.29) is 18.9 Å². The normalized spacial score (nSPS) is 22.6. The molecule has 1 fully saturated rings. The van der Waals surface area contributed by atoms with Crippen molar-refractivity contribution in [1.82, 2.24) is 0 Å². The molecule has 1 rings (SSSR count). The van der Waals surface area contributed by atoms with E-state index in [1.165, 1.54) is 0 Å². The monoisotopic (exact) mass is 174 g/mol. The maximum Gasteiger partial charge on any atom is 0.332 e. The van der Waals surface area contributed by atoms with E-state index in [1.807, 2.05) is 0 Å². The molecule has 1 atom stereocenters. The average Bonchev–Trinajstić information content (AvgIpc) is 2.53. The minimum atomic E-state index is -0.326. The van der Waals surface area contributed by atoms with E-state index in [0.29, 0.717) is 6.61 Å². The average molecular weight is 174 g/mol. The summed E-state index contributed by atoms with van der Waals surface area (Å²) in [5, 5.41) is 0. The maximum absolute atomic E-state index is 10.8. The van der Waals surface area contributed by atoms with Gasteiger partial charge in [0.05, 0.1) is 6.61 Å². The second-order valence-electron chi connectivity index (χ2n) is 2.56. The van der Waals surface area contributed by atoms with Crippen molar-refractivity contribution >= 4 is 5.97 Å². The van der Waals surface area contributed by atoms with Crippen molar-refractivity contribution in [3.63, 3.8) is 0 Å². The van der Waals surface area contributed by atoms with E-state index in [1.54, 1.807) is 6.92 Å². The van der Waals surface area contributed by atoms with Crippen LogP contribution in [0.25, 0.3) is 0 Å². The zero-order valence-corrected chi connectivity index (χ0v) is 7.25. The molecule has 1 aliphatic heterocycles. The number of rotatable bonds is 4. The highest BCUT2D eigenvalue weighted by Crippen LogP contribution is 2.12. The smallest absolute Gasteiger partial charge is 0.332 e. The molecule has 1 unspecified atom stereocenters. The van der Waals surface area contributed by atoms with E-state index >= 15 is 0 Å². The van der Waals surface area contributed by atoms with Crippen LogP contribution in [0, 0.1) is 0 Å². The number of carbonyl (C=O) groups is 1. The third-order valence-corrected chi connectivity index (χ3v) is 1.58. The first-order chi connectivity index (χ1) is 5.83. The molecule has 0 aromatic rings. The zero-order chi connectivity index (χ0) is 8.81. The van der Waals surface area contributed by atoms with Crippen LogP contribution in [0.15, 0.2) is 0 Å². The van der Waals surface area contributed by atoms with Gasteiger partial charge in [-0.3, -0.25) is 0 Å². The zero-order valence-electron chi connectivity index (χ0n) is 7.25. The Morgan fingerprint density at radius 3 is 3.08 bits per heavy atom. The van der Waals surface area contributed by atoms with Crippen molar-refractivity contribution in [3.8, 4) is 0 Å². The SMILES string of the molecule is CCOC(=O)COC1CCCO1. The highest BCUT2D eigenvalue weighted by molar-refractivity contribution is 5.70. The van der Waals surface area contributed by atoms with Crippen LogP contribution in [0.1, 0.15) is 19.8 Å². The molecule has 0 saturated carbocycles. The van der Waals surface area contributed by atoms with E-state index < -0.39 is 0 Å². The number of carbonyl (C=O) groups excluding carboxylic acids is 1. The van der Waals surface area contributed by atoms with Crippen molar-refractivity contribution in [1.29, 1.82) is 0 Å². The molecular weight excluding hydrogens is 160 g/mol. The summed E-state index contributed by atoms with van der Waals surface area (Å²) in [5.74, 6) is -0.326. The Hall–Kier alpha value is -0.610. The van der Waals surface area contributed by atoms with E-state index in [9.17, 15) is 4.79 Å². The molecule has 1 heterocycles. The van der Waals surface area contributed by atoms with Crippen molar-refractivity contribution in [2.75, 3.05) is 19.8 Å². The second kappa shape index (κ2) is 5.11. The summed E-state index contributed by atoms with van der Waals surface area (Å²) < 4.78 is 15.0. The molecule has 70 valence electrons. The summed E-state index contributed by atoms with van der Waals surface area (Å²) in [6.45, 7) is 2.89. The largest absolute Gasteiger partial charge is 0.464 e. The van der Waals surface area contributed by atoms with Crippen molar-refractivity contribution in [3.05, 3.63) is 0 Å². The van der Waals surface area contributed by atoms with Crippen LogP contribution < -0.4 is 0 Å². The number of hydrogen-bond acceptors (Lipinski definition) is 4. The number of ether oxygens (including phenoxy) is 3. The van der Waals surface area contributed by atoms with Crippen molar-refractivity contribution in [2.24, 2.45) is 0 Å². The van der Waals surface area contributed by atoms with Crippen LogP contribution in [-0.4, -0.2) is 32.1 Å². The Kier molecular flexibility index (Phi) is 4.04. The van der Waals surface area contributed by atoms with Gasteiger partial charge in [-0.15, -0.1) is 0 Å². The first kappa shape index (κ1) is 9.48. The molecule has 12 heavy (non-hydrogen) atoms. The van der Waals surface area contributed by atoms with Crippen LogP contribution in [-0.2, 0) is 19.0 Å². The third kappa shape index (κ3) is 3.19. The molecule has 0 aliphatic carbocycles. The minimum absolute atomic E-state index is 0.00148. The predicted molar refractivity (Wildman–Crippen MR) is 41.6 cm³/mol. The van der Waals surface area contributed by atoms with Crippen LogP contribution >= 0.6 is 0 Å². The summed E-state index contributed by atoms with van der Waals surface area (Å²) in [4.78, 5) is 10.8. The molecule has 4 nitrogen and oxygen atoms in total. The van der Waals surface area contributed by atoms with Crippen molar-refractivity contribution in [2.45, 2.75) is 26.1 Å². The summed E-state index contributed by atoms with van der Waals surface area (Å²) in [7, 11) is 0. The highest BCUT2D eigenvalue weighted by atomic mass is 16.7. The molecule has 0 aromatic heterocycles. The van der Waals surface area contributed by atoms with Crippen LogP contribution in [0.3, 0.4) is 0 Å². The summed E-state index contributed by atoms with van der Waals surface area (Å²) >= 11 is 0. The van der Waals surface area contributed by atoms with Crippen LogP contribution in [0.2, 0.25) is 0 Å². The standard InChI is InChI=1S/C8H14O4/c1-2-10-7(9)6-12-8-4-3-5-11-8/h8H,2-6H2,1H3. The van der Waals surface area contributed by atoms with Crippen LogP contribution in [0.4, 0.5) is 0 Å². The van der Waals surface area contributed by atoms with Crippen molar-refractivity contribution < 1.29 is 19.0 Å². The van der Waals surface area contributed by atoms with Gasteiger partial charge in [-0.2, -0.15) is 0 Å². The Labute approximate surface area is 71.8 Å².